The molecule has 0 saturated carbocycles. The molecule has 0 radical (unpaired) electrons. The predicted octanol–water partition coefficient (Wildman–Crippen LogP) is 2.75. The summed E-state index contributed by atoms with van der Waals surface area (Å²) in [5.41, 5.74) is 4.21. The summed E-state index contributed by atoms with van der Waals surface area (Å²) >= 11 is 0. The number of nitrogens with one attached hydrogen (secondary N) is 2. The van der Waals surface area contributed by atoms with Gasteiger partial charge in [0.15, 0.2) is 0 Å². The first kappa shape index (κ1) is 20.8. The molecule has 0 bridgehead atoms. The van der Waals surface area contributed by atoms with Gasteiger partial charge in [0, 0.05) is 32.4 Å². The van der Waals surface area contributed by atoms with Crippen LogP contribution in [0.3, 0.4) is 0 Å². The van der Waals surface area contributed by atoms with Gasteiger partial charge in [-0.3, -0.25) is 9.69 Å². The highest BCUT2D eigenvalue weighted by atomic mass is 16.5. The van der Waals surface area contributed by atoms with Crippen molar-refractivity contribution in [2.75, 3.05) is 45.2 Å². The van der Waals surface area contributed by atoms with Crippen LogP contribution in [0, 0.1) is 0 Å². The quantitative estimate of drug-likeness (QED) is 0.776. The molecule has 2 aromatic rings. The van der Waals surface area contributed by atoms with Gasteiger partial charge in [0.2, 0.25) is 5.91 Å². The fourth-order valence-corrected chi connectivity index (χ4v) is 5.27. The van der Waals surface area contributed by atoms with Gasteiger partial charge in [0.25, 0.3) is 0 Å². The number of para-hydroxylation sites is 1. The number of carbonyl (C=O) groups excluding carboxylic acids is 2. The highest BCUT2D eigenvalue weighted by Gasteiger charge is 2.48. The second kappa shape index (κ2) is 8.47. The molecule has 7 nitrogen and oxygen atoms in total. The van der Waals surface area contributed by atoms with E-state index >= 15 is 0 Å². The Bertz CT molecular complexity index is 1030. The molecule has 0 atom stereocenters. The Hall–Kier alpha value is -3.06. The van der Waals surface area contributed by atoms with Crippen LogP contribution in [-0.4, -0.2) is 61.6 Å². The number of nitrogens with zero attached hydrogens (tertiary/aromatic N) is 2. The maximum absolute atomic E-state index is 12.7. The summed E-state index contributed by atoms with van der Waals surface area (Å²) in [5, 5.41) is 5.76. The molecule has 1 fully saturated rings. The molecule has 0 aromatic heterocycles. The molecule has 2 N–H and O–H groups in total. The first-order valence-corrected chi connectivity index (χ1v) is 11.4. The van der Waals surface area contributed by atoms with Gasteiger partial charge in [-0.25, -0.2) is 4.79 Å². The van der Waals surface area contributed by atoms with Crippen molar-refractivity contribution < 1.29 is 14.3 Å². The van der Waals surface area contributed by atoms with Crippen LogP contribution in [0.25, 0.3) is 0 Å². The number of carbonyl (C=O) groups is 2. The number of hydrogen-bond acceptors (Lipinski definition) is 4. The maximum Gasteiger partial charge on any atom is 0.317 e. The van der Waals surface area contributed by atoms with E-state index in [1.807, 2.05) is 29.2 Å². The lowest BCUT2D eigenvalue weighted by Gasteiger charge is -2.37. The number of benzene rings is 2. The van der Waals surface area contributed by atoms with Crippen molar-refractivity contribution in [1.29, 1.82) is 0 Å². The van der Waals surface area contributed by atoms with Crippen molar-refractivity contribution >= 4 is 17.6 Å². The summed E-state index contributed by atoms with van der Waals surface area (Å²) in [5.74, 6) is 1.04. The summed E-state index contributed by atoms with van der Waals surface area (Å²) in [4.78, 5) is 28.8. The van der Waals surface area contributed by atoms with Crippen LogP contribution >= 0.6 is 0 Å². The van der Waals surface area contributed by atoms with E-state index in [9.17, 15) is 9.59 Å². The van der Waals surface area contributed by atoms with Crippen molar-refractivity contribution in [3.63, 3.8) is 0 Å². The predicted molar refractivity (Wildman–Crippen MR) is 123 cm³/mol. The number of amides is 3. The average Bonchev–Trinajstić information content (AvgIpc) is 3.10. The van der Waals surface area contributed by atoms with Crippen LogP contribution in [0.1, 0.15) is 29.5 Å². The Labute approximate surface area is 188 Å². The third-order valence-electron chi connectivity index (χ3n) is 7.20. The number of likely N-dealkylation sites (tertiary alicyclic amines) is 1. The third kappa shape index (κ3) is 3.71. The fraction of sp³-hybridized carbons (Fsp3) is 0.440. The van der Waals surface area contributed by atoms with Gasteiger partial charge in [-0.15, -0.1) is 0 Å². The molecule has 0 aliphatic carbocycles. The van der Waals surface area contributed by atoms with Crippen LogP contribution in [0.4, 0.5) is 10.5 Å². The van der Waals surface area contributed by atoms with Crippen molar-refractivity contribution in [1.82, 2.24) is 15.1 Å². The summed E-state index contributed by atoms with van der Waals surface area (Å²) in [6, 6.07) is 14.2. The van der Waals surface area contributed by atoms with Crippen LogP contribution < -0.4 is 15.4 Å². The molecule has 0 unspecified atom stereocenters. The van der Waals surface area contributed by atoms with E-state index in [2.05, 4.69) is 33.7 Å². The summed E-state index contributed by atoms with van der Waals surface area (Å²) in [6.07, 6.45) is 2.53. The number of piperidine rings is 1. The monoisotopic (exact) mass is 434 g/mol. The third-order valence-corrected chi connectivity index (χ3v) is 7.20. The van der Waals surface area contributed by atoms with E-state index in [0.717, 1.165) is 62.4 Å². The van der Waals surface area contributed by atoms with Gasteiger partial charge in [-0.2, -0.15) is 0 Å². The normalized spacial score (nSPS) is 19.3. The minimum atomic E-state index is -0.366. The van der Waals surface area contributed by atoms with Crippen molar-refractivity contribution in [3.05, 3.63) is 59.2 Å². The van der Waals surface area contributed by atoms with Crippen molar-refractivity contribution in [2.24, 2.45) is 0 Å². The Morgan fingerprint density at radius 3 is 2.75 bits per heavy atom. The maximum atomic E-state index is 12.7. The molecule has 3 heterocycles. The molecule has 5 rings (SSSR count). The highest BCUT2D eigenvalue weighted by Crippen LogP contribution is 2.44. The molecule has 7 heteroatoms. The Kier molecular flexibility index (Phi) is 5.51. The molecule has 2 aromatic carbocycles. The van der Waals surface area contributed by atoms with Gasteiger partial charge in [0.05, 0.1) is 5.41 Å². The number of rotatable bonds is 4. The van der Waals surface area contributed by atoms with E-state index in [0.29, 0.717) is 13.2 Å². The molecule has 1 saturated heterocycles. The Morgan fingerprint density at radius 2 is 1.94 bits per heavy atom. The highest BCUT2D eigenvalue weighted by molar-refractivity contribution is 6.06. The lowest BCUT2D eigenvalue weighted by atomic mass is 9.74. The fourth-order valence-electron chi connectivity index (χ4n) is 5.27. The van der Waals surface area contributed by atoms with Crippen molar-refractivity contribution in [2.45, 2.75) is 31.2 Å². The van der Waals surface area contributed by atoms with E-state index < -0.39 is 0 Å². The van der Waals surface area contributed by atoms with Crippen LogP contribution in [0.15, 0.2) is 42.5 Å². The molecular formula is C25H30N4O3. The topological polar surface area (TPSA) is 73.9 Å². The second-order valence-electron chi connectivity index (χ2n) is 8.93. The van der Waals surface area contributed by atoms with E-state index in [1.54, 1.807) is 7.05 Å². The van der Waals surface area contributed by atoms with E-state index in [1.165, 1.54) is 11.1 Å². The summed E-state index contributed by atoms with van der Waals surface area (Å²) < 4.78 is 6.05. The Balaban J connectivity index is 1.13. The standard InChI is InChI=1S/C25H30N4O3/c1-26-24(31)29-11-8-18-16-20(7-6-19(18)17-29)32-15-14-28-12-9-25(10-13-28)21-4-2-3-5-22(21)27-23(25)30/h2-7,16H,8-15,17H2,1H3,(H,26,31)(H,27,30). The molecule has 3 aliphatic rings. The first-order chi connectivity index (χ1) is 15.6. The van der Waals surface area contributed by atoms with Gasteiger partial charge in [-0.1, -0.05) is 24.3 Å². The Morgan fingerprint density at radius 1 is 1.12 bits per heavy atom. The number of hydrogen-bond donors (Lipinski definition) is 2. The van der Waals surface area contributed by atoms with Gasteiger partial charge < -0.3 is 20.3 Å². The first-order valence-electron chi connectivity index (χ1n) is 11.4. The lowest BCUT2D eigenvalue weighted by molar-refractivity contribution is -0.122. The number of fused-ring (bicyclic) bond motifs is 3. The summed E-state index contributed by atoms with van der Waals surface area (Å²) in [6.45, 7) is 4.62. The molecule has 3 aliphatic heterocycles. The minimum absolute atomic E-state index is 0.0298. The van der Waals surface area contributed by atoms with E-state index in [-0.39, 0.29) is 17.4 Å². The van der Waals surface area contributed by atoms with Crippen molar-refractivity contribution in [3.8, 4) is 5.75 Å². The smallest absolute Gasteiger partial charge is 0.317 e. The number of anilines is 1. The zero-order chi connectivity index (χ0) is 22.1. The van der Waals surface area contributed by atoms with Gasteiger partial charge >= 0.3 is 6.03 Å². The number of urea groups is 1. The summed E-state index contributed by atoms with van der Waals surface area (Å²) in [7, 11) is 1.67. The molecule has 32 heavy (non-hydrogen) atoms. The SMILES string of the molecule is CNC(=O)N1CCc2cc(OCCN3CCC4(CC3)C(=O)Nc3ccccc34)ccc2C1. The second-order valence-corrected chi connectivity index (χ2v) is 8.93. The zero-order valence-corrected chi connectivity index (χ0v) is 18.5. The lowest BCUT2D eigenvalue weighted by Crippen LogP contribution is -2.47. The number of ether oxygens (including phenoxy) is 1. The molecule has 168 valence electrons. The average molecular weight is 435 g/mol. The largest absolute Gasteiger partial charge is 0.492 e. The van der Waals surface area contributed by atoms with Gasteiger partial charge in [-0.05, 0) is 67.2 Å². The van der Waals surface area contributed by atoms with Gasteiger partial charge in [0.1, 0.15) is 12.4 Å². The van der Waals surface area contributed by atoms with Crippen LogP contribution in [0.5, 0.6) is 5.75 Å². The minimum Gasteiger partial charge on any atom is -0.492 e. The van der Waals surface area contributed by atoms with E-state index in [4.69, 9.17) is 4.74 Å². The zero-order valence-electron chi connectivity index (χ0n) is 18.5. The molecule has 3 amide bonds. The molecule has 1 spiro atoms. The molecular weight excluding hydrogens is 404 g/mol. The van der Waals surface area contributed by atoms with Crippen LogP contribution in [-0.2, 0) is 23.2 Å². The van der Waals surface area contributed by atoms with Crippen LogP contribution in [0.2, 0.25) is 0 Å².